The van der Waals surface area contributed by atoms with Crippen LogP contribution in [0.25, 0.3) is 41.7 Å². The molecule has 0 aliphatic carbocycles. The Balaban J connectivity index is 1.96. The average Bonchev–Trinajstić information content (AvgIpc) is 3.62. The average molecular weight is 567 g/mol. The third kappa shape index (κ3) is 4.67. The maximum Gasteiger partial charge on any atom is 0.138 e. The van der Waals surface area contributed by atoms with Gasteiger partial charge in [-0.25, -0.2) is 0 Å². The van der Waals surface area contributed by atoms with Gasteiger partial charge in [0.25, 0.3) is 0 Å². The molecule has 0 aliphatic heterocycles. The number of thiophene rings is 2. The molecule has 38 heavy (non-hydrogen) atoms. The lowest BCUT2D eigenvalue weighted by Gasteiger charge is -2.21. The van der Waals surface area contributed by atoms with Crippen molar-refractivity contribution in [3.8, 4) is 22.9 Å². The monoisotopic (exact) mass is 566 g/mol. The fraction of sp³-hybridized carbons (Fsp3) is 0.353. The molecule has 0 bridgehead atoms. The number of benzene rings is 3. The van der Waals surface area contributed by atoms with Gasteiger partial charge in [0.15, 0.2) is 0 Å². The highest BCUT2D eigenvalue weighted by Gasteiger charge is 2.26. The summed E-state index contributed by atoms with van der Waals surface area (Å²) in [6.07, 6.45) is 0. The molecule has 0 atom stereocenters. The van der Waals surface area contributed by atoms with E-state index in [0.717, 1.165) is 0 Å². The van der Waals surface area contributed by atoms with Gasteiger partial charge in [0.2, 0.25) is 0 Å². The Kier molecular flexibility index (Phi) is 7.90. The molecule has 0 nitrogen and oxygen atoms in total. The molecule has 194 valence electrons. The van der Waals surface area contributed by atoms with E-state index in [1.807, 2.05) is 22.7 Å². The van der Waals surface area contributed by atoms with Crippen LogP contribution in [-0.4, -0.2) is 16.1 Å². The summed E-state index contributed by atoms with van der Waals surface area (Å²) in [5.41, 5.74) is 10.3. The van der Waals surface area contributed by atoms with E-state index in [1.54, 1.807) is 0 Å². The standard InChI is InChI=1S/C34H38S2Si2/c1-7-37(8-2,9-3)19-15-27-29-21-25-13-17-36-34(25)24-32(29)28(16-20-38(10-4,11-5)12-6)30-22-26-14-18-35-33(26)23-31(27)30/h13-14,17-18,21-24H,7-12H2,1-6H3. The quantitative estimate of drug-likeness (QED) is 0.109. The first-order valence-electron chi connectivity index (χ1n) is 14.3. The first-order valence-corrected chi connectivity index (χ1v) is 21.3. The van der Waals surface area contributed by atoms with Gasteiger partial charge in [-0.2, -0.15) is 0 Å². The maximum atomic E-state index is 3.94. The highest BCUT2D eigenvalue weighted by atomic mass is 32.1. The van der Waals surface area contributed by atoms with E-state index >= 15 is 0 Å². The SMILES string of the molecule is CC[Si](C#Cc1c2cc3ccsc3cc2c(C#C[Si](CC)(CC)CC)c2cc3ccsc3cc12)(CC)CC. The van der Waals surface area contributed by atoms with Gasteiger partial charge in [-0.05, 0) is 105 Å². The summed E-state index contributed by atoms with van der Waals surface area (Å²) in [7, 11) is -3.21. The molecule has 2 aromatic heterocycles. The predicted octanol–water partition coefficient (Wildman–Crippen LogP) is 11.2. The van der Waals surface area contributed by atoms with Crippen molar-refractivity contribution < 1.29 is 0 Å². The summed E-state index contributed by atoms with van der Waals surface area (Å²) in [5, 5.41) is 12.2. The lowest BCUT2D eigenvalue weighted by Crippen LogP contribution is -2.29. The highest BCUT2D eigenvalue weighted by Crippen LogP contribution is 2.39. The summed E-state index contributed by atoms with van der Waals surface area (Å²) < 4.78 is 2.67. The van der Waals surface area contributed by atoms with Gasteiger partial charge in [0.05, 0.1) is 0 Å². The fourth-order valence-corrected chi connectivity index (χ4v) is 12.3. The van der Waals surface area contributed by atoms with Gasteiger partial charge < -0.3 is 0 Å². The van der Waals surface area contributed by atoms with Crippen molar-refractivity contribution in [2.75, 3.05) is 0 Å². The second-order valence-corrected chi connectivity index (χ2v) is 22.4. The topological polar surface area (TPSA) is 0 Å². The zero-order chi connectivity index (χ0) is 26.9. The van der Waals surface area contributed by atoms with Crippen LogP contribution >= 0.6 is 22.7 Å². The number of hydrogen-bond donors (Lipinski definition) is 0. The molecular weight excluding hydrogens is 529 g/mol. The minimum atomic E-state index is -1.60. The molecule has 5 rings (SSSR count). The third-order valence-corrected chi connectivity index (χ3v) is 20.4. The van der Waals surface area contributed by atoms with Gasteiger partial charge >= 0.3 is 0 Å². The number of rotatable bonds is 6. The van der Waals surface area contributed by atoms with E-state index in [4.69, 9.17) is 0 Å². The Morgan fingerprint density at radius 2 is 0.868 bits per heavy atom. The summed E-state index contributed by atoms with van der Waals surface area (Å²) >= 11 is 3.65. The van der Waals surface area contributed by atoms with Crippen LogP contribution in [0.4, 0.5) is 0 Å². The van der Waals surface area contributed by atoms with Gasteiger partial charge in [0.1, 0.15) is 16.1 Å². The normalized spacial score (nSPS) is 12.2. The Bertz CT molecular complexity index is 1520. The fourth-order valence-electron chi connectivity index (χ4n) is 5.83. The third-order valence-electron chi connectivity index (χ3n) is 9.23. The Hall–Kier alpha value is -2.35. The molecule has 3 aromatic carbocycles. The molecule has 0 N–H and O–H groups in total. The van der Waals surface area contributed by atoms with E-state index in [9.17, 15) is 0 Å². The van der Waals surface area contributed by atoms with E-state index in [0.29, 0.717) is 0 Å². The van der Waals surface area contributed by atoms with E-state index in [2.05, 4.69) is 112 Å². The summed E-state index contributed by atoms with van der Waals surface area (Å²) in [4.78, 5) is 0. The van der Waals surface area contributed by atoms with Crippen LogP contribution in [0.1, 0.15) is 52.7 Å². The van der Waals surface area contributed by atoms with Crippen molar-refractivity contribution in [3.63, 3.8) is 0 Å². The van der Waals surface area contributed by atoms with E-state index in [-0.39, 0.29) is 0 Å². The minimum absolute atomic E-state index is 1.21. The van der Waals surface area contributed by atoms with Crippen molar-refractivity contribution in [3.05, 3.63) is 58.3 Å². The van der Waals surface area contributed by atoms with Crippen molar-refractivity contribution in [1.29, 1.82) is 0 Å². The molecule has 4 heteroatoms. The van der Waals surface area contributed by atoms with Crippen LogP contribution in [-0.2, 0) is 0 Å². The Labute approximate surface area is 238 Å². The molecule has 0 unspecified atom stereocenters. The predicted molar refractivity (Wildman–Crippen MR) is 180 cm³/mol. The maximum absolute atomic E-state index is 3.94. The Morgan fingerprint density at radius 1 is 0.526 bits per heavy atom. The van der Waals surface area contributed by atoms with Crippen molar-refractivity contribution in [1.82, 2.24) is 0 Å². The summed E-state index contributed by atoms with van der Waals surface area (Å²) in [6, 6.07) is 21.4. The van der Waals surface area contributed by atoms with Gasteiger partial charge in [0, 0.05) is 31.3 Å². The zero-order valence-corrected chi connectivity index (χ0v) is 27.3. The molecule has 0 saturated carbocycles. The number of fused-ring (bicyclic) bond motifs is 4. The molecule has 0 saturated heterocycles. The number of hydrogen-bond acceptors (Lipinski definition) is 2. The van der Waals surface area contributed by atoms with Gasteiger partial charge in [-0.1, -0.05) is 53.4 Å². The molecule has 0 amide bonds. The van der Waals surface area contributed by atoms with Crippen LogP contribution < -0.4 is 0 Å². The van der Waals surface area contributed by atoms with Crippen LogP contribution in [0.5, 0.6) is 0 Å². The molecule has 2 heterocycles. The van der Waals surface area contributed by atoms with E-state index in [1.165, 1.54) is 89.1 Å². The van der Waals surface area contributed by atoms with E-state index < -0.39 is 16.1 Å². The van der Waals surface area contributed by atoms with Crippen LogP contribution in [0.2, 0.25) is 36.3 Å². The summed E-state index contributed by atoms with van der Waals surface area (Å²) in [5.74, 6) is 7.70. The second kappa shape index (κ2) is 11.0. The smallest absolute Gasteiger partial charge is 0.138 e. The largest absolute Gasteiger partial charge is 0.144 e. The molecule has 0 aliphatic rings. The molecule has 0 spiro atoms. The molecule has 0 radical (unpaired) electrons. The minimum Gasteiger partial charge on any atom is -0.144 e. The van der Waals surface area contributed by atoms with Crippen molar-refractivity contribution >= 4 is 80.5 Å². The molecule has 5 aromatic rings. The first kappa shape index (κ1) is 27.2. The van der Waals surface area contributed by atoms with Crippen molar-refractivity contribution in [2.24, 2.45) is 0 Å². The van der Waals surface area contributed by atoms with Crippen LogP contribution in [0.3, 0.4) is 0 Å². The second-order valence-electron chi connectivity index (χ2n) is 10.6. The first-order chi connectivity index (χ1) is 18.5. The lowest BCUT2D eigenvalue weighted by molar-refractivity contribution is 1.20. The summed E-state index contributed by atoms with van der Waals surface area (Å²) in [6.45, 7) is 14.1. The van der Waals surface area contributed by atoms with Gasteiger partial charge in [-0.3, -0.25) is 0 Å². The van der Waals surface area contributed by atoms with Gasteiger partial charge in [-0.15, -0.1) is 33.8 Å². The van der Waals surface area contributed by atoms with Crippen molar-refractivity contribution in [2.45, 2.75) is 77.8 Å². The molecule has 0 fully saturated rings. The lowest BCUT2D eigenvalue weighted by atomic mass is 9.91. The molecular formula is C34H38S2Si2. The van der Waals surface area contributed by atoms with Crippen LogP contribution in [0.15, 0.2) is 47.2 Å². The Morgan fingerprint density at radius 3 is 1.21 bits per heavy atom. The zero-order valence-electron chi connectivity index (χ0n) is 23.7. The highest BCUT2D eigenvalue weighted by molar-refractivity contribution is 7.17. The van der Waals surface area contributed by atoms with Crippen LogP contribution in [0, 0.1) is 22.9 Å².